The number of hydrogen-bond donors (Lipinski definition) is 0. The summed E-state index contributed by atoms with van der Waals surface area (Å²) in [5.41, 5.74) is 0.775. The maximum absolute atomic E-state index is 10.5. The van der Waals surface area contributed by atoms with Gasteiger partial charge in [-0.25, -0.2) is 0 Å². The zero-order valence-corrected chi connectivity index (χ0v) is 9.42. The standard InChI is InChI=1S/C11H7N3O2S/c15-7-8-4-5-10(16-8)17-11-13-12-9-3-1-2-6-14(9)11/h1-7H. The minimum atomic E-state index is 0.307. The van der Waals surface area contributed by atoms with Gasteiger partial charge in [-0.05, 0) is 36.0 Å². The Morgan fingerprint density at radius 2 is 2.18 bits per heavy atom. The first-order valence-corrected chi connectivity index (χ1v) is 5.71. The molecule has 0 atom stereocenters. The van der Waals surface area contributed by atoms with Crippen molar-refractivity contribution in [2.24, 2.45) is 0 Å². The van der Waals surface area contributed by atoms with Crippen molar-refractivity contribution in [3.8, 4) is 0 Å². The van der Waals surface area contributed by atoms with Crippen molar-refractivity contribution >= 4 is 23.7 Å². The van der Waals surface area contributed by atoms with E-state index in [0.29, 0.717) is 22.3 Å². The Bertz CT molecular complexity index is 674. The molecule has 6 heteroatoms. The van der Waals surface area contributed by atoms with E-state index >= 15 is 0 Å². The minimum Gasteiger partial charge on any atom is -0.447 e. The number of pyridine rings is 1. The summed E-state index contributed by atoms with van der Waals surface area (Å²) in [5.74, 6) is 0.307. The number of carbonyl (C=O) groups is 1. The predicted molar refractivity (Wildman–Crippen MR) is 61.2 cm³/mol. The van der Waals surface area contributed by atoms with Crippen LogP contribution in [0, 0.1) is 0 Å². The third kappa shape index (κ3) is 1.83. The van der Waals surface area contributed by atoms with Crippen molar-refractivity contribution in [3.05, 3.63) is 42.3 Å². The highest BCUT2D eigenvalue weighted by atomic mass is 32.2. The summed E-state index contributed by atoms with van der Waals surface area (Å²) in [4.78, 5) is 10.5. The summed E-state index contributed by atoms with van der Waals surface area (Å²) in [6.45, 7) is 0. The summed E-state index contributed by atoms with van der Waals surface area (Å²) >= 11 is 1.32. The maximum Gasteiger partial charge on any atom is 0.203 e. The van der Waals surface area contributed by atoms with Gasteiger partial charge in [-0.2, -0.15) is 0 Å². The first-order valence-electron chi connectivity index (χ1n) is 4.89. The molecule has 0 aliphatic rings. The van der Waals surface area contributed by atoms with Crippen LogP contribution in [0.25, 0.3) is 5.65 Å². The molecule has 3 heterocycles. The lowest BCUT2D eigenvalue weighted by Gasteiger charge is -1.95. The van der Waals surface area contributed by atoms with Crippen molar-refractivity contribution in [1.29, 1.82) is 0 Å². The number of hydrogen-bond acceptors (Lipinski definition) is 5. The second-order valence-corrected chi connectivity index (χ2v) is 4.26. The second-order valence-electron chi connectivity index (χ2n) is 3.29. The van der Waals surface area contributed by atoms with E-state index in [0.717, 1.165) is 5.65 Å². The molecule has 5 nitrogen and oxygen atoms in total. The topological polar surface area (TPSA) is 60.4 Å². The van der Waals surface area contributed by atoms with Gasteiger partial charge in [0.05, 0.1) is 0 Å². The van der Waals surface area contributed by atoms with E-state index in [1.54, 1.807) is 12.1 Å². The molecule has 0 amide bonds. The molecule has 0 N–H and O–H groups in total. The molecular formula is C11H7N3O2S. The fourth-order valence-electron chi connectivity index (χ4n) is 1.43. The third-order valence-corrected chi connectivity index (χ3v) is 3.07. The lowest BCUT2D eigenvalue weighted by atomic mass is 10.5. The van der Waals surface area contributed by atoms with Gasteiger partial charge in [0.15, 0.2) is 22.8 Å². The van der Waals surface area contributed by atoms with Crippen LogP contribution in [0.4, 0.5) is 0 Å². The van der Waals surface area contributed by atoms with Crippen LogP contribution in [0.3, 0.4) is 0 Å². The molecular weight excluding hydrogens is 238 g/mol. The first kappa shape index (κ1) is 10.1. The van der Waals surface area contributed by atoms with Gasteiger partial charge in [-0.1, -0.05) is 6.07 Å². The lowest BCUT2D eigenvalue weighted by molar-refractivity contribution is 0.109. The summed E-state index contributed by atoms with van der Waals surface area (Å²) in [5, 5.41) is 9.39. The molecule has 0 unspecified atom stereocenters. The fraction of sp³-hybridized carbons (Fsp3) is 0. The van der Waals surface area contributed by atoms with Crippen LogP contribution >= 0.6 is 11.8 Å². The molecule has 0 saturated heterocycles. The van der Waals surface area contributed by atoms with E-state index in [1.165, 1.54) is 11.8 Å². The Morgan fingerprint density at radius 3 is 3.00 bits per heavy atom. The quantitative estimate of drug-likeness (QED) is 0.662. The van der Waals surface area contributed by atoms with Gasteiger partial charge in [0.2, 0.25) is 5.16 Å². The van der Waals surface area contributed by atoms with Gasteiger partial charge in [0.1, 0.15) is 0 Å². The summed E-state index contributed by atoms with van der Waals surface area (Å²) in [7, 11) is 0. The molecule has 3 rings (SSSR count). The largest absolute Gasteiger partial charge is 0.447 e. The van der Waals surface area contributed by atoms with Crippen LogP contribution in [0.2, 0.25) is 0 Å². The van der Waals surface area contributed by atoms with E-state index < -0.39 is 0 Å². The molecule has 3 aromatic rings. The van der Waals surface area contributed by atoms with E-state index in [2.05, 4.69) is 10.2 Å². The van der Waals surface area contributed by atoms with Gasteiger partial charge < -0.3 is 4.42 Å². The van der Waals surface area contributed by atoms with Crippen molar-refractivity contribution in [2.45, 2.75) is 10.2 Å². The average molecular weight is 245 g/mol. The highest BCUT2D eigenvalue weighted by Crippen LogP contribution is 2.27. The van der Waals surface area contributed by atoms with Gasteiger partial charge in [-0.3, -0.25) is 9.20 Å². The Morgan fingerprint density at radius 1 is 1.24 bits per heavy atom. The van der Waals surface area contributed by atoms with E-state index in [-0.39, 0.29) is 0 Å². The molecule has 0 radical (unpaired) electrons. The molecule has 17 heavy (non-hydrogen) atoms. The Balaban J connectivity index is 1.96. The third-order valence-electron chi connectivity index (χ3n) is 2.19. The zero-order chi connectivity index (χ0) is 11.7. The number of furan rings is 1. The molecule has 0 saturated carbocycles. The van der Waals surface area contributed by atoms with Gasteiger partial charge >= 0.3 is 0 Å². The van der Waals surface area contributed by atoms with Crippen LogP contribution < -0.4 is 0 Å². The van der Waals surface area contributed by atoms with Gasteiger partial charge in [0, 0.05) is 6.20 Å². The molecule has 0 aliphatic carbocycles. The lowest BCUT2D eigenvalue weighted by Crippen LogP contribution is -1.84. The number of nitrogens with zero attached hydrogens (tertiary/aromatic N) is 3. The molecule has 3 aromatic heterocycles. The Labute approximate surface area is 100 Å². The van der Waals surface area contributed by atoms with Crippen molar-refractivity contribution in [1.82, 2.24) is 14.6 Å². The average Bonchev–Trinajstić information content (AvgIpc) is 2.97. The molecule has 0 fully saturated rings. The van der Waals surface area contributed by atoms with Crippen molar-refractivity contribution in [2.75, 3.05) is 0 Å². The Kier molecular flexibility index (Phi) is 2.41. The van der Waals surface area contributed by atoms with E-state index in [1.807, 2.05) is 28.8 Å². The van der Waals surface area contributed by atoms with Crippen LogP contribution in [0.15, 0.2) is 51.2 Å². The van der Waals surface area contributed by atoms with Gasteiger partial charge in [-0.15, -0.1) is 10.2 Å². The van der Waals surface area contributed by atoms with Crippen LogP contribution in [0.5, 0.6) is 0 Å². The first-order chi connectivity index (χ1) is 8.36. The predicted octanol–water partition coefficient (Wildman–Crippen LogP) is 2.29. The Hall–Kier alpha value is -2.08. The van der Waals surface area contributed by atoms with Crippen LogP contribution in [-0.4, -0.2) is 20.9 Å². The fourth-order valence-corrected chi connectivity index (χ4v) is 2.22. The molecule has 0 spiro atoms. The number of aldehydes is 1. The van der Waals surface area contributed by atoms with Gasteiger partial charge in [0.25, 0.3) is 0 Å². The number of aromatic nitrogens is 3. The van der Waals surface area contributed by atoms with Crippen LogP contribution in [0.1, 0.15) is 10.6 Å². The SMILES string of the molecule is O=Cc1ccc(Sc2nnc3ccccn23)o1. The minimum absolute atomic E-state index is 0.307. The van der Waals surface area contributed by atoms with Crippen molar-refractivity contribution in [3.63, 3.8) is 0 Å². The highest BCUT2D eigenvalue weighted by molar-refractivity contribution is 7.99. The van der Waals surface area contributed by atoms with E-state index in [9.17, 15) is 4.79 Å². The second kappa shape index (κ2) is 4.06. The smallest absolute Gasteiger partial charge is 0.203 e. The normalized spacial score (nSPS) is 10.8. The highest BCUT2D eigenvalue weighted by Gasteiger charge is 2.09. The molecule has 0 aromatic carbocycles. The summed E-state index contributed by atoms with van der Waals surface area (Å²) in [6, 6.07) is 9.03. The number of fused-ring (bicyclic) bond motifs is 1. The maximum atomic E-state index is 10.5. The zero-order valence-electron chi connectivity index (χ0n) is 8.61. The van der Waals surface area contributed by atoms with Crippen molar-refractivity contribution < 1.29 is 9.21 Å². The number of rotatable bonds is 3. The van der Waals surface area contributed by atoms with Crippen LogP contribution in [-0.2, 0) is 0 Å². The number of carbonyl (C=O) groups excluding carboxylic acids is 1. The monoisotopic (exact) mass is 245 g/mol. The molecule has 0 bridgehead atoms. The molecule has 84 valence electrons. The summed E-state index contributed by atoms with van der Waals surface area (Å²) in [6.07, 6.45) is 2.55. The summed E-state index contributed by atoms with van der Waals surface area (Å²) < 4.78 is 7.12. The van der Waals surface area contributed by atoms with E-state index in [4.69, 9.17) is 4.42 Å². The molecule has 0 aliphatic heterocycles.